The largest absolute Gasteiger partial charge is 0.343 e. The van der Waals surface area contributed by atoms with Gasteiger partial charge in [-0.2, -0.15) is 8.42 Å². The van der Waals surface area contributed by atoms with Crippen LogP contribution in [0, 0.1) is 0 Å². The molecule has 0 radical (unpaired) electrons. The summed E-state index contributed by atoms with van der Waals surface area (Å²) in [6.45, 7) is 1.63. The number of rotatable bonds is 2. The van der Waals surface area contributed by atoms with E-state index < -0.39 is 19.3 Å². The number of aromatic nitrogens is 1. The maximum Gasteiger partial charge on any atom is 0.343 e. The van der Waals surface area contributed by atoms with Crippen molar-refractivity contribution >= 4 is 21.6 Å². The Morgan fingerprint density at radius 3 is 2.50 bits per heavy atom. The Balaban J connectivity index is 3.43. The third-order valence-corrected chi connectivity index (χ3v) is 3.52. The lowest BCUT2D eigenvalue weighted by atomic mass is 10.4. The van der Waals surface area contributed by atoms with Gasteiger partial charge in [0.15, 0.2) is 4.21 Å². The van der Waals surface area contributed by atoms with E-state index in [-0.39, 0.29) is 12.1 Å². The van der Waals surface area contributed by atoms with Gasteiger partial charge < -0.3 is 4.98 Å². The Bertz CT molecular complexity index is 430. The fourth-order valence-corrected chi connectivity index (χ4v) is 2.55. The van der Waals surface area contributed by atoms with Gasteiger partial charge in [0.2, 0.25) is 0 Å². The molecular weight excluding hydrogens is 205 g/mol. The molecule has 0 aliphatic rings. The summed E-state index contributed by atoms with van der Waals surface area (Å²) in [5, 5.41) is 0. The lowest BCUT2D eigenvalue weighted by Crippen LogP contribution is -1.95. The van der Waals surface area contributed by atoms with Crippen LogP contribution in [0.15, 0.2) is 9.00 Å². The minimum absolute atomic E-state index is 0.132. The molecule has 0 unspecified atom stereocenters. The zero-order valence-electron chi connectivity index (χ0n) is 6.13. The Hall–Kier alpha value is -0.690. The van der Waals surface area contributed by atoms with Crippen LogP contribution in [0.1, 0.15) is 12.6 Å². The predicted octanol–water partition coefficient (Wildman–Crippen LogP) is 0.657. The summed E-state index contributed by atoms with van der Waals surface area (Å²) < 4.78 is 32.7. The van der Waals surface area contributed by atoms with Crippen LogP contribution in [0.25, 0.3) is 0 Å². The normalized spacial score (nSPS) is 11.8. The van der Waals surface area contributed by atoms with Crippen molar-refractivity contribution in [2.75, 3.05) is 0 Å². The number of halogens is 1. The first-order valence-corrected chi connectivity index (χ1v) is 5.31. The van der Waals surface area contributed by atoms with Crippen molar-refractivity contribution in [2.24, 2.45) is 0 Å². The highest BCUT2D eigenvalue weighted by Crippen LogP contribution is 2.19. The van der Waals surface area contributed by atoms with E-state index in [1.54, 1.807) is 6.92 Å². The second-order valence-corrected chi connectivity index (χ2v) is 4.60. The van der Waals surface area contributed by atoms with Crippen molar-refractivity contribution in [3.63, 3.8) is 0 Å². The number of thiazole rings is 1. The van der Waals surface area contributed by atoms with E-state index in [2.05, 4.69) is 4.98 Å². The Morgan fingerprint density at radius 1 is 1.58 bits per heavy atom. The van der Waals surface area contributed by atoms with Gasteiger partial charge in [0.25, 0.3) is 0 Å². The van der Waals surface area contributed by atoms with E-state index in [9.17, 15) is 17.1 Å². The fourth-order valence-electron chi connectivity index (χ4n) is 0.775. The third-order valence-electron chi connectivity index (χ3n) is 1.26. The lowest BCUT2D eigenvalue weighted by Gasteiger charge is -1.91. The van der Waals surface area contributed by atoms with Crippen LogP contribution < -0.4 is 4.87 Å². The van der Waals surface area contributed by atoms with Gasteiger partial charge >= 0.3 is 15.1 Å². The number of nitrogens with one attached hydrogen (secondary N) is 1. The maximum absolute atomic E-state index is 12.4. The standard InChI is InChI=1S/C5H6FNO3S2/c1-2-3-4(12(6,9)10)11-5(8)7-3/h2H2,1H3,(H,7,8). The Morgan fingerprint density at radius 2 is 2.17 bits per heavy atom. The van der Waals surface area contributed by atoms with Gasteiger partial charge in [-0.25, -0.2) is 0 Å². The van der Waals surface area contributed by atoms with Gasteiger partial charge in [-0.1, -0.05) is 22.1 Å². The molecule has 1 N–H and O–H groups in total. The number of H-pyrrole nitrogens is 1. The second kappa shape index (κ2) is 2.98. The monoisotopic (exact) mass is 211 g/mol. The van der Waals surface area contributed by atoms with Crippen molar-refractivity contribution in [1.82, 2.24) is 4.98 Å². The molecule has 12 heavy (non-hydrogen) atoms. The molecule has 0 bridgehead atoms. The minimum Gasteiger partial charge on any atom is -0.315 e. The molecule has 0 atom stereocenters. The Kier molecular flexibility index (Phi) is 2.34. The molecule has 0 aliphatic heterocycles. The molecule has 1 heterocycles. The molecule has 1 aromatic rings. The van der Waals surface area contributed by atoms with Crippen LogP contribution in [0.5, 0.6) is 0 Å². The summed E-state index contributed by atoms with van der Waals surface area (Å²) in [7, 11) is -4.74. The molecule has 1 rings (SSSR count). The maximum atomic E-state index is 12.4. The summed E-state index contributed by atoms with van der Waals surface area (Å²) in [5.74, 6) is 0. The fraction of sp³-hybridized carbons (Fsp3) is 0.400. The molecule has 0 spiro atoms. The molecule has 0 aliphatic carbocycles. The molecule has 1 aromatic heterocycles. The van der Waals surface area contributed by atoms with Gasteiger partial charge in [0.05, 0.1) is 5.69 Å². The van der Waals surface area contributed by atoms with Crippen LogP contribution in [0.3, 0.4) is 0 Å². The molecule has 68 valence electrons. The molecule has 7 heteroatoms. The molecule has 0 aromatic carbocycles. The van der Waals surface area contributed by atoms with Gasteiger partial charge in [-0.05, 0) is 6.42 Å². The molecule has 0 fully saturated rings. The van der Waals surface area contributed by atoms with Gasteiger partial charge in [-0.15, -0.1) is 0 Å². The minimum atomic E-state index is -4.74. The lowest BCUT2D eigenvalue weighted by molar-refractivity contribution is 0.553. The summed E-state index contributed by atoms with van der Waals surface area (Å²) >= 11 is 0.372. The highest BCUT2D eigenvalue weighted by atomic mass is 32.3. The highest BCUT2D eigenvalue weighted by Gasteiger charge is 2.20. The van der Waals surface area contributed by atoms with Crippen LogP contribution in [0.4, 0.5) is 3.89 Å². The zero-order chi connectivity index (χ0) is 9.35. The SMILES string of the molecule is CCc1[nH]c(=O)sc1S(=O)(=O)F. The summed E-state index contributed by atoms with van der Waals surface area (Å²) in [6.07, 6.45) is 0.289. The van der Waals surface area contributed by atoms with E-state index in [1.807, 2.05) is 0 Å². The van der Waals surface area contributed by atoms with E-state index in [0.29, 0.717) is 11.3 Å². The summed E-state index contributed by atoms with van der Waals surface area (Å²) in [4.78, 5) is 12.3. The first kappa shape index (κ1) is 9.40. The van der Waals surface area contributed by atoms with Crippen molar-refractivity contribution in [1.29, 1.82) is 0 Å². The third kappa shape index (κ3) is 1.72. The topological polar surface area (TPSA) is 67.0 Å². The number of hydrogen-bond donors (Lipinski definition) is 1. The summed E-state index contributed by atoms with van der Waals surface area (Å²) in [6, 6.07) is 0. The van der Waals surface area contributed by atoms with Crippen molar-refractivity contribution in [3.05, 3.63) is 15.4 Å². The van der Waals surface area contributed by atoms with Crippen LogP contribution in [0.2, 0.25) is 0 Å². The van der Waals surface area contributed by atoms with Gasteiger partial charge in [0, 0.05) is 0 Å². The number of aromatic amines is 1. The first-order valence-electron chi connectivity index (χ1n) is 3.11. The van der Waals surface area contributed by atoms with Crippen molar-refractivity contribution < 1.29 is 12.3 Å². The van der Waals surface area contributed by atoms with Gasteiger partial charge in [-0.3, -0.25) is 4.79 Å². The van der Waals surface area contributed by atoms with Crippen LogP contribution in [-0.2, 0) is 16.6 Å². The highest BCUT2D eigenvalue weighted by molar-refractivity contribution is 7.88. The number of hydrogen-bond acceptors (Lipinski definition) is 4. The molecule has 0 amide bonds. The van der Waals surface area contributed by atoms with E-state index in [0.717, 1.165) is 0 Å². The van der Waals surface area contributed by atoms with Crippen LogP contribution in [-0.4, -0.2) is 13.4 Å². The van der Waals surface area contributed by atoms with E-state index in [1.165, 1.54) is 0 Å². The average molecular weight is 211 g/mol. The second-order valence-electron chi connectivity index (χ2n) is 2.07. The average Bonchev–Trinajstić information content (AvgIpc) is 2.29. The van der Waals surface area contributed by atoms with E-state index in [4.69, 9.17) is 0 Å². The van der Waals surface area contributed by atoms with Gasteiger partial charge in [0.1, 0.15) is 0 Å². The number of aryl methyl sites for hydroxylation is 1. The molecule has 4 nitrogen and oxygen atoms in total. The van der Waals surface area contributed by atoms with E-state index >= 15 is 0 Å². The van der Waals surface area contributed by atoms with Crippen molar-refractivity contribution in [2.45, 2.75) is 17.6 Å². The Labute approximate surface area is 72.3 Å². The molecule has 0 saturated heterocycles. The zero-order valence-corrected chi connectivity index (χ0v) is 7.76. The molecular formula is C5H6FNO3S2. The first-order chi connectivity index (χ1) is 5.45. The molecule has 0 saturated carbocycles. The predicted molar refractivity (Wildman–Crippen MR) is 42.6 cm³/mol. The smallest absolute Gasteiger partial charge is 0.315 e. The van der Waals surface area contributed by atoms with Crippen LogP contribution >= 0.6 is 11.3 Å². The van der Waals surface area contributed by atoms with Crippen molar-refractivity contribution in [3.8, 4) is 0 Å². The summed E-state index contributed by atoms with van der Waals surface area (Å²) in [5.41, 5.74) is 0.132. The quantitative estimate of drug-likeness (QED) is 0.730.